The summed E-state index contributed by atoms with van der Waals surface area (Å²) in [5.41, 5.74) is 0. The van der Waals surface area contributed by atoms with E-state index in [1.54, 1.807) is 13.8 Å². The molecule has 0 saturated carbocycles. The van der Waals surface area contributed by atoms with Crippen LogP contribution in [-0.2, 0) is 19.2 Å². The van der Waals surface area contributed by atoms with Crippen molar-refractivity contribution >= 4 is 23.5 Å². The summed E-state index contributed by atoms with van der Waals surface area (Å²) in [6.07, 6.45) is 0.827. The average molecular weight is 429 g/mol. The predicted octanol–water partition coefficient (Wildman–Crippen LogP) is -0.665. The number of carbonyl (C=O) groups is 4. The molecule has 1 heterocycles. The highest BCUT2D eigenvalue weighted by molar-refractivity contribution is 5.75. The summed E-state index contributed by atoms with van der Waals surface area (Å²) in [5, 5.41) is 18.5. The van der Waals surface area contributed by atoms with E-state index in [1.807, 2.05) is 9.80 Å². The number of carboxylic acids is 2. The third kappa shape index (κ3) is 12.6. The molecule has 0 unspecified atom stereocenters. The van der Waals surface area contributed by atoms with Gasteiger partial charge in [-0.2, -0.15) is 0 Å². The van der Waals surface area contributed by atoms with E-state index < -0.39 is 11.9 Å². The first-order valence-corrected chi connectivity index (χ1v) is 10.5. The highest BCUT2D eigenvalue weighted by Crippen LogP contribution is 2.03. The van der Waals surface area contributed by atoms with Crippen molar-refractivity contribution in [2.24, 2.45) is 0 Å². The number of nitrogens with zero attached hydrogens (tertiary/aromatic N) is 4. The molecular weight excluding hydrogens is 392 g/mol. The summed E-state index contributed by atoms with van der Waals surface area (Å²) in [6, 6.07) is 0. The zero-order valence-corrected chi connectivity index (χ0v) is 18.2. The van der Waals surface area contributed by atoms with Crippen LogP contribution < -0.4 is 0 Å². The molecule has 0 radical (unpaired) electrons. The molecule has 1 rings (SSSR count). The van der Waals surface area contributed by atoms with Gasteiger partial charge in [-0.05, 0) is 13.8 Å². The zero-order chi connectivity index (χ0) is 22.5. The minimum absolute atomic E-state index is 0.0633. The summed E-state index contributed by atoms with van der Waals surface area (Å²) < 4.78 is 0. The Kier molecular flexibility index (Phi) is 12.4. The molecule has 2 N–H and O–H groups in total. The molecule has 172 valence electrons. The molecule has 10 heteroatoms. The average Bonchev–Trinajstić information content (AvgIpc) is 2.63. The third-order valence-corrected chi connectivity index (χ3v) is 5.21. The van der Waals surface area contributed by atoms with E-state index >= 15 is 0 Å². The largest absolute Gasteiger partial charge is 0.480 e. The zero-order valence-electron chi connectivity index (χ0n) is 18.2. The molecule has 1 aliphatic heterocycles. The lowest BCUT2D eigenvalue weighted by molar-refractivity contribution is -0.139. The number of carboxylic acid groups (broad SMARTS) is 2. The number of ketones is 2. The number of hydrogen-bond donors (Lipinski definition) is 2. The monoisotopic (exact) mass is 428 g/mol. The van der Waals surface area contributed by atoms with Gasteiger partial charge in [0, 0.05) is 78.3 Å². The molecule has 1 aliphatic rings. The van der Waals surface area contributed by atoms with Crippen LogP contribution in [0.15, 0.2) is 0 Å². The Labute approximate surface area is 178 Å². The standard InChI is InChI=1S/C20H36N4O6/c1-17(25)3-5-21-7-11-23(15-19(27)28)13-9-22(6-4-18(2)26)10-14-24(12-8-21)16-20(29)30/h3-16H2,1-2H3,(H,27,28)(H,29,30). The van der Waals surface area contributed by atoms with Crippen molar-refractivity contribution < 1.29 is 29.4 Å². The van der Waals surface area contributed by atoms with E-state index in [1.165, 1.54) is 0 Å². The fourth-order valence-corrected chi connectivity index (χ4v) is 3.36. The van der Waals surface area contributed by atoms with Gasteiger partial charge in [0.25, 0.3) is 0 Å². The molecule has 0 atom stereocenters. The van der Waals surface area contributed by atoms with Crippen LogP contribution >= 0.6 is 0 Å². The van der Waals surface area contributed by atoms with Gasteiger partial charge in [0.2, 0.25) is 0 Å². The quantitative estimate of drug-likeness (QED) is 0.463. The second kappa shape index (κ2) is 14.2. The minimum Gasteiger partial charge on any atom is -0.480 e. The lowest BCUT2D eigenvalue weighted by Gasteiger charge is -2.33. The van der Waals surface area contributed by atoms with Gasteiger partial charge in [0.05, 0.1) is 13.1 Å². The normalized spacial score (nSPS) is 19.0. The van der Waals surface area contributed by atoms with Crippen LogP contribution in [-0.4, -0.2) is 132 Å². The molecule has 0 aromatic heterocycles. The van der Waals surface area contributed by atoms with E-state index in [4.69, 9.17) is 0 Å². The summed E-state index contributed by atoms with van der Waals surface area (Å²) >= 11 is 0. The summed E-state index contributed by atoms with van der Waals surface area (Å²) in [4.78, 5) is 53.3. The van der Waals surface area contributed by atoms with E-state index in [-0.39, 0.29) is 24.7 Å². The molecule has 0 spiro atoms. The van der Waals surface area contributed by atoms with Crippen LogP contribution in [0, 0.1) is 0 Å². The third-order valence-electron chi connectivity index (χ3n) is 5.21. The Morgan fingerprint density at radius 3 is 1.07 bits per heavy atom. The highest BCUT2D eigenvalue weighted by Gasteiger charge is 2.19. The topological polar surface area (TPSA) is 122 Å². The van der Waals surface area contributed by atoms with Gasteiger partial charge in [0.1, 0.15) is 11.6 Å². The van der Waals surface area contributed by atoms with Crippen LogP contribution in [0.4, 0.5) is 0 Å². The fraction of sp³-hybridized carbons (Fsp3) is 0.800. The Hall–Kier alpha value is -1.88. The van der Waals surface area contributed by atoms with Gasteiger partial charge in [0.15, 0.2) is 0 Å². The maximum Gasteiger partial charge on any atom is 0.317 e. The lowest BCUT2D eigenvalue weighted by atomic mass is 10.2. The smallest absolute Gasteiger partial charge is 0.317 e. The van der Waals surface area contributed by atoms with Crippen molar-refractivity contribution in [2.45, 2.75) is 26.7 Å². The van der Waals surface area contributed by atoms with Crippen molar-refractivity contribution in [1.82, 2.24) is 19.6 Å². The lowest BCUT2D eigenvalue weighted by Crippen LogP contribution is -2.48. The van der Waals surface area contributed by atoms with Crippen molar-refractivity contribution in [3.63, 3.8) is 0 Å². The maximum atomic E-state index is 11.4. The molecule has 0 aromatic rings. The van der Waals surface area contributed by atoms with Gasteiger partial charge in [-0.25, -0.2) is 0 Å². The van der Waals surface area contributed by atoms with Crippen molar-refractivity contribution in [3.8, 4) is 0 Å². The Balaban J connectivity index is 2.88. The molecule has 0 amide bonds. The minimum atomic E-state index is -0.889. The first-order chi connectivity index (χ1) is 14.2. The van der Waals surface area contributed by atoms with Crippen molar-refractivity contribution in [2.75, 3.05) is 78.5 Å². The number of hydrogen-bond acceptors (Lipinski definition) is 8. The number of carbonyl (C=O) groups excluding carboxylic acids is 2. The number of Topliss-reactive ketones (excluding diaryl/α,β-unsaturated/α-hetero) is 2. The van der Waals surface area contributed by atoms with Crippen LogP contribution in [0.3, 0.4) is 0 Å². The van der Waals surface area contributed by atoms with E-state index in [9.17, 15) is 29.4 Å². The van der Waals surface area contributed by atoms with Crippen molar-refractivity contribution in [1.29, 1.82) is 0 Å². The summed E-state index contributed by atoms with van der Waals surface area (Å²) in [5.74, 6) is -1.60. The SMILES string of the molecule is CC(=O)CCN1CCN(CC(=O)O)CCN(CCC(C)=O)CCN(CC(=O)O)CC1. The number of rotatable bonds is 10. The summed E-state index contributed by atoms with van der Waals surface area (Å²) in [6.45, 7) is 8.70. The molecule has 1 saturated heterocycles. The van der Waals surface area contributed by atoms with Gasteiger partial charge in [-0.1, -0.05) is 0 Å². The van der Waals surface area contributed by atoms with Gasteiger partial charge in [-0.3, -0.25) is 29.0 Å². The van der Waals surface area contributed by atoms with Crippen molar-refractivity contribution in [3.05, 3.63) is 0 Å². The Bertz CT molecular complexity index is 520. The highest BCUT2D eigenvalue weighted by atomic mass is 16.4. The molecule has 0 aromatic carbocycles. The molecule has 0 bridgehead atoms. The van der Waals surface area contributed by atoms with Crippen LogP contribution in [0.5, 0.6) is 0 Å². The molecule has 0 aliphatic carbocycles. The fourth-order valence-electron chi connectivity index (χ4n) is 3.36. The van der Waals surface area contributed by atoms with Crippen LogP contribution in [0.2, 0.25) is 0 Å². The second-order valence-corrected chi connectivity index (χ2v) is 7.93. The first kappa shape index (κ1) is 26.2. The second-order valence-electron chi connectivity index (χ2n) is 7.93. The summed E-state index contributed by atoms with van der Waals surface area (Å²) in [7, 11) is 0. The van der Waals surface area contributed by atoms with Crippen LogP contribution in [0.25, 0.3) is 0 Å². The van der Waals surface area contributed by atoms with E-state index in [2.05, 4.69) is 9.80 Å². The Morgan fingerprint density at radius 2 is 0.833 bits per heavy atom. The predicted molar refractivity (Wildman–Crippen MR) is 112 cm³/mol. The van der Waals surface area contributed by atoms with Gasteiger partial charge < -0.3 is 20.0 Å². The maximum absolute atomic E-state index is 11.4. The Morgan fingerprint density at radius 1 is 0.567 bits per heavy atom. The van der Waals surface area contributed by atoms with E-state index in [0.29, 0.717) is 78.3 Å². The number of aliphatic carboxylic acids is 2. The first-order valence-electron chi connectivity index (χ1n) is 10.5. The van der Waals surface area contributed by atoms with Gasteiger partial charge >= 0.3 is 11.9 Å². The van der Waals surface area contributed by atoms with Crippen LogP contribution in [0.1, 0.15) is 26.7 Å². The van der Waals surface area contributed by atoms with E-state index in [0.717, 1.165) is 0 Å². The van der Waals surface area contributed by atoms with Gasteiger partial charge in [-0.15, -0.1) is 0 Å². The molecule has 10 nitrogen and oxygen atoms in total. The molecular formula is C20H36N4O6. The molecule has 30 heavy (non-hydrogen) atoms. The molecule has 1 fully saturated rings.